The zero-order valence-electron chi connectivity index (χ0n) is 16.5. The Hall–Kier alpha value is -2.34. The van der Waals surface area contributed by atoms with Crippen molar-refractivity contribution in [2.45, 2.75) is 37.6 Å². The Kier molecular flexibility index (Phi) is 7.02. The predicted octanol–water partition coefficient (Wildman–Crippen LogP) is 3.12. The lowest BCUT2D eigenvalue weighted by Crippen LogP contribution is -2.39. The van der Waals surface area contributed by atoms with E-state index in [0.29, 0.717) is 17.4 Å². The van der Waals surface area contributed by atoms with Gasteiger partial charge in [-0.2, -0.15) is 0 Å². The molecule has 2 aromatic carbocycles. The smallest absolute Gasteiger partial charge is 0.191 e. The Morgan fingerprint density at radius 3 is 2.15 bits per heavy atom. The first-order valence-electron chi connectivity index (χ1n) is 9.04. The van der Waals surface area contributed by atoms with Crippen molar-refractivity contribution in [2.24, 2.45) is 4.99 Å². The van der Waals surface area contributed by atoms with E-state index in [-0.39, 0.29) is 17.7 Å². The molecule has 0 atom stereocenters. The van der Waals surface area contributed by atoms with Gasteiger partial charge in [0.1, 0.15) is 0 Å². The summed E-state index contributed by atoms with van der Waals surface area (Å²) in [7, 11) is -1.67. The standard InChI is InChI=1S/C21H29N3O2S/c1-21(2,3)18-10-12-19(13-11-18)27(25,26)15-14-23-20(22-4)24-16-17-8-6-5-7-9-17/h5-13H,14-16H2,1-4H3,(H2,22,23,24). The van der Waals surface area contributed by atoms with Crippen LogP contribution >= 0.6 is 0 Å². The molecular formula is C21H29N3O2S. The monoisotopic (exact) mass is 387 g/mol. The summed E-state index contributed by atoms with van der Waals surface area (Å²) in [5.74, 6) is 0.589. The Morgan fingerprint density at radius 2 is 1.59 bits per heavy atom. The zero-order chi connectivity index (χ0) is 19.9. The van der Waals surface area contributed by atoms with Crippen molar-refractivity contribution in [3.8, 4) is 0 Å². The van der Waals surface area contributed by atoms with E-state index in [2.05, 4.69) is 36.4 Å². The molecule has 2 rings (SSSR count). The Balaban J connectivity index is 1.88. The fourth-order valence-electron chi connectivity index (χ4n) is 2.59. The molecule has 0 fully saturated rings. The number of guanidine groups is 1. The molecule has 0 aliphatic rings. The first kappa shape index (κ1) is 21.0. The van der Waals surface area contributed by atoms with Crippen molar-refractivity contribution in [1.29, 1.82) is 0 Å². The molecule has 0 saturated carbocycles. The maximum absolute atomic E-state index is 12.5. The minimum atomic E-state index is -3.34. The van der Waals surface area contributed by atoms with Crippen LogP contribution in [0, 0.1) is 0 Å². The number of rotatable bonds is 6. The second kappa shape index (κ2) is 9.04. The summed E-state index contributed by atoms with van der Waals surface area (Å²) in [4.78, 5) is 4.49. The molecule has 2 aromatic rings. The predicted molar refractivity (Wildman–Crippen MR) is 112 cm³/mol. The van der Waals surface area contributed by atoms with Gasteiger partial charge in [0.05, 0.1) is 10.6 Å². The molecule has 27 heavy (non-hydrogen) atoms. The highest BCUT2D eigenvalue weighted by atomic mass is 32.2. The molecule has 0 radical (unpaired) electrons. The molecule has 0 amide bonds. The maximum atomic E-state index is 12.5. The topological polar surface area (TPSA) is 70.6 Å². The summed E-state index contributed by atoms with van der Waals surface area (Å²) in [6.45, 7) is 7.23. The minimum Gasteiger partial charge on any atom is -0.355 e. The van der Waals surface area contributed by atoms with E-state index < -0.39 is 9.84 Å². The van der Waals surface area contributed by atoms with Gasteiger partial charge in [-0.05, 0) is 28.7 Å². The number of nitrogens with zero attached hydrogens (tertiary/aromatic N) is 1. The van der Waals surface area contributed by atoms with E-state index in [1.54, 1.807) is 19.2 Å². The number of benzene rings is 2. The fraction of sp³-hybridized carbons (Fsp3) is 0.381. The van der Waals surface area contributed by atoms with Crippen LogP contribution in [0.15, 0.2) is 64.5 Å². The van der Waals surface area contributed by atoms with Crippen LogP contribution in [0.2, 0.25) is 0 Å². The third-order valence-electron chi connectivity index (χ3n) is 4.27. The number of hydrogen-bond donors (Lipinski definition) is 2. The van der Waals surface area contributed by atoms with Crippen LogP contribution in [0.1, 0.15) is 31.9 Å². The lowest BCUT2D eigenvalue weighted by Gasteiger charge is -2.19. The lowest BCUT2D eigenvalue weighted by molar-refractivity contribution is 0.586. The Bertz CT molecular complexity index is 853. The van der Waals surface area contributed by atoms with Gasteiger partial charge in [0.15, 0.2) is 15.8 Å². The van der Waals surface area contributed by atoms with Crippen molar-refractivity contribution in [3.63, 3.8) is 0 Å². The normalized spacial score (nSPS) is 12.7. The number of hydrogen-bond acceptors (Lipinski definition) is 3. The molecule has 6 heteroatoms. The van der Waals surface area contributed by atoms with Gasteiger partial charge >= 0.3 is 0 Å². The molecule has 0 saturated heterocycles. The molecule has 0 unspecified atom stereocenters. The zero-order valence-corrected chi connectivity index (χ0v) is 17.3. The highest BCUT2D eigenvalue weighted by Gasteiger charge is 2.17. The molecule has 2 N–H and O–H groups in total. The number of sulfone groups is 1. The van der Waals surface area contributed by atoms with Gasteiger partial charge < -0.3 is 10.6 Å². The largest absolute Gasteiger partial charge is 0.355 e. The second-order valence-corrected chi connectivity index (χ2v) is 9.54. The second-order valence-electron chi connectivity index (χ2n) is 7.43. The third-order valence-corrected chi connectivity index (χ3v) is 6.00. The maximum Gasteiger partial charge on any atom is 0.191 e. The molecule has 146 valence electrons. The third kappa shape index (κ3) is 6.40. The summed E-state index contributed by atoms with van der Waals surface area (Å²) >= 11 is 0. The van der Waals surface area contributed by atoms with Crippen molar-refractivity contribution < 1.29 is 8.42 Å². The van der Waals surface area contributed by atoms with Gasteiger partial charge in [-0.25, -0.2) is 8.42 Å². The van der Waals surface area contributed by atoms with Gasteiger partial charge in [0.25, 0.3) is 0 Å². The molecule has 0 heterocycles. The van der Waals surface area contributed by atoms with E-state index in [1.165, 1.54) is 0 Å². The number of aliphatic imine (C=N–C) groups is 1. The molecular weight excluding hydrogens is 358 g/mol. The van der Waals surface area contributed by atoms with E-state index in [1.807, 2.05) is 42.5 Å². The Morgan fingerprint density at radius 1 is 0.963 bits per heavy atom. The fourth-order valence-corrected chi connectivity index (χ4v) is 3.74. The first-order chi connectivity index (χ1) is 12.7. The van der Waals surface area contributed by atoms with Crippen LogP contribution in [-0.4, -0.2) is 33.7 Å². The van der Waals surface area contributed by atoms with Crippen molar-refractivity contribution in [1.82, 2.24) is 10.6 Å². The van der Waals surface area contributed by atoms with Crippen molar-refractivity contribution in [2.75, 3.05) is 19.3 Å². The van der Waals surface area contributed by atoms with Crippen LogP contribution in [0.4, 0.5) is 0 Å². The Labute approximate surface area is 162 Å². The van der Waals surface area contributed by atoms with Gasteiger partial charge in [-0.1, -0.05) is 63.2 Å². The molecule has 0 spiro atoms. The first-order valence-corrected chi connectivity index (χ1v) is 10.7. The molecule has 0 aromatic heterocycles. The van der Waals surface area contributed by atoms with E-state index in [9.17, 15) is 8.42 Å². The SMILES string of the molecule is CN=C(NCCS(=O)(=O)c1ccc(C(C)(C)C)cc1)NCc1ccccc1. The van der Waals surface area contributed by atoms with Crippen LogP contribution in [-0.2, 0) is 21.8 Å². The molecule has 0 aliphatic heterocycles. The summed E-state index contributed by atoms with van der Waals surface area (Å²) in [6.07, 6.45) is 0. The van der Waals surface area contributed by atoms with Crippen LogP contribution < -0.4 is 10.6 Å². The summed E-state index contributed by atoms with van der Waals surface area (Å²) in [6, 6.07) is 17.1. The minimum absolute atomic E-state index is 0.000756. The van der Waals surface area contributed by atoms with Gasteiger partial charge in [0.2, 0.25) is 0 Å². The van der Waals surface area contributed by atoms with E-state index in [0.717, 1.165) is 11.1 Å². The summed E-state index contributed by atoms with van der Waals surface area (Å²) in [5.41, 5.74) is 2.25. The van der Waals surface area contributed by atoms with E-state index in [4.69, 9.17) is 0 Å². The van der Waals surface area contributed by atoms with Crippen molar-refractivity contribution >= 4 is 15.8 Å². The molecule has 0 aliphatic carbocycles. The quantitative estimate of drug-likeness (QED) is 0.590. The average Bonchev–Trinajstić information content (AvgIpc) is 2.64. The lowest BCUT2D eigenvalue weighted by atomic mass is 9.87. The van der Waals surface area contributed by atoms with Crippen LogP contribution in [0.25, 0.3) is 0 Å². The highest BCUT2D eigenvalue weighted by Crippen LogP contribution is 2.23. The highest BCUT2D eigenvalue weighted by molar-refractivity contribution is 7.91. The average molecular weight is 388 g/mol. The van der Waals surface area contributed by atoms with Gasteiger partial charge in [-0.15, -0.1) is 0 Å². The van der Waals surface area contributed by atoms with Crippen LogP contribution in [0.5, 0.6) is 0 Å². The summed E-state index contributed by atoms with van der Waals surface area (Å²) < 4.78 is 25.1. The molecule has 0 bridgehead atoms. The summed E-state index contributed by atoms with van der Waals surface area (Å²) in [5, 5.41) is 6.24. The van der Waals surface area contributed by atoms with Crippen molar-refractivity contribution in [3.05, 3.63) is 65.7 Å². The van der Waals surface area contributed by atoms with Gasteiger partial charge in [-0.3, -0.25) is 4.99 Å². The van der Waals surface area contributed by atoms with Crippen LogP contribution in [0.3, 0.4) is 0 Å². The number of nitrogens with one attached hydrogen (secondary N) is 2. The van der Waals surface area contributed by atoms with Gasteiger partial charge in [0, 0.05) is 20.1 Å². The van der Waals surface area contributed by atoms with E-state index >= 15 is 0 Å². The molecule has 5 nitrogen and oxygen atoms in total.